The van der Waals surface area contributed by atoms with Crippen molar-refractivity contribution in [2.45, 2.75) is 6.92 Å². The number of hydrogen-bond donors (Lipinski definition) is 1. The monoisotopic (exact) mass is 302 g/mol. The molecule has 1 N–H and O–H groups in total. The molecule has 9 nitrogen and oxygen atoms in total. The number of non-ortho nitro benzene ring substituents is 1. The minimum absolute atomic E-state index is 0.0810. The molecule has 2 aromatic rings. The Bertz CT molecular complexity index is 721. The molecule has 0 unspecified atom stereocenters. The van der Waals surface area contributed by atoms with Gasteiger partial charge in [0.25, 0.3) is 5.69 Å². The zero-order valence-electron chi connectivity index (χ0n) is 11.9. The number of aliphatic hydroxyl groups excluding tert-OH is 1. The second kappa shape index (κ2) is 6.64. The molecule has 0 bridgehead atoms. The maximum Gasteiger partial charge on any atom is 0.271 e. The normalized spacial score (nSPS) is 10.2. The second-order valence-electron chi connectivity index (χ2n) is 4.35. The van der Waals surface area contributed by atoms with Crippen LogP contribution in [0.1, 0.15) is 12.6 Å². The average molecular weight is 302 g/mol. The van der Waals surface area contributed by atoms with Gasteiger partial charge in [-0.15, -0.1) is 15.0 Å². The lowest BCUT2D eigenvalue weighted by atomic mass is 10.3. The molecule has 0 amide bonds. The van der Waals surface area contributed by atoms with Crippen molar-refractivity contribution in [1.82, 2.24) is 15.0 Å². The number of likely N-dealkylation sites (N-methyl/N-ethyl adjacent to an activating group) is 1. The first-order valence-electron chi connectivity index (χ1n) is 6.58. The zero-order chi connectivity index (χ0) is 16.1. The summed E-state index contributed by atoms with van der Waals surface area (Å²) in [4.78, 5) is 13.2. The number of aromatic nitrogens is 3. The Labute approximate surface area is 126 Å². The molecule has 0 spiro atoms. The molecule has 0 saturated heterocycles. The molecule has 1 aromatic carbocycles. The van der Waals surface area contributed by atoms with Gasteiger partial charge in [0, 0.05) is 25.2 Å². The van der Waals surface area contributed by atoms with Crippen molar-refractivity contribution < 1.29 is 10.0 Å². The summed E-state index contributed by atoms with van der Waals surface area (Å²) in [7, 11) is 0. The summed E-state index contributed by atoms with van der Waals surface area (Å²) < 4.78 is 0. The molecule has 1 heterocycles. The van der Waals surface area contributed by atoms with Crippen LogP contribution in [0.2, 0.25) is 0 Å². The fourth-order valence-electron chi connectivity index (χ4n) is 1.97. The number of anilines is 1. The molecule has 0 fully saturated rings. The molecule has 0 aliphatic rings. The SMILES string of the molecule is CCN(CCO)c1nn(-c2cccc([N+](=O)[O-])c2)nc1C#N. The van der Waals surface area contributed by atoms with Gasteiger partial charge >= 0.3 is 0 Å². The van der Waals surface area contributed by atoms with Crippen molar-refractivity contribution in [3.8, 4) is 11.8 Å². The summed E-state index contributed by atoms with van der Waals surface area (Å²) in [5, 5.41) is 37.3. The van der Waals surface area contributed by atoms with Gasteiger partial charge in [0.2, 0.25) is 5.69 Å². The number of benzene rings is 1. The number of aliphatic hydroxyl groups is 1. The Kier molecular flexibility index (Phi) is 4.65. The number of nitriles is 1. The third-order valence-electron chi connectivity index (χ3n) is 3.02. The van der Waals surface area contributed by atoms with E-state index in [0.717, 1.165) is 0 Å². The van der Waals surface area contributed by atoms with Crippen LogP contribution >= 0.6 is 0 Å². The molecule has 2 rings (SSSR count). The molecule has 0 aliphatic heterocycles. The lowest BCUT2D eigenvalue weighted by Gasteiger charge is -2.18. The van der Waals surface area contributed by atoms with E-state index in [1.165, 1.54) is 23.0 Å². The molecule has 0 atom stereocenters. The molecule has 22 heavy (non-hydrogen) atoms. The van der Waals surface area contributed by atoms with Crippen LogP contribution in [0.15, 0.2) is 24.3 Å². The fourth-order valence-corrected chi connectivity index (χ4v) is 1.97. The van der Waals surface area contributed by atoms with Gasteiger partial charge in [-0.1, -0.05) is 6.07 Å². The van der Waals surface area contributed by atoms with Crippen LogP contribution in [0.5, 0.6) is 0 Å². The highest BCUT2D eigenvalue weighted by molar-refractivity contribution is 5.51. The van der Waals surface area contributed by atoms with Crippen LogP contribution in [0.4, 0.5) is 11.5 Å². The highest BCUT2D eigenvalue weighted by Gasteiger charge is 2.18. The summed E-state index contributed by atoms with van der Waals surface area (Å²) in [6, 6.07) is 7.77. The van der Waals surface area contributed by atoms with Crippen molar-refractivity contribution in [3.05, 3.63) is 40.1 Å². The van der Waals surface area contributed by atoms with Gasteiger partial charge in [-0.2, -0.15) is 5.26 Å². The summed E-state index contributed by atoms with van der Waals surface area (Å²) in [5.41, 5.74) is 0.399. The van der Waals surface area contributed by atoms with Crippen LogP contribution in [0.3, 0.4) is 0 Å². The van der Waals surface area contributed by atoms with Crippen LogP contribution in [0, 0.1) is 21.4 Å². The van der Waals surface area contributed by atoms with E-state index in [2.05, 4.69) is 10.2 Å². The zero-order valence-corrected chi connectivity index (χ0v) is 11.9. The predicted octanol–water partition coefficient (Wildman–Crippen LogP) is 0.866. The van der Waals surface area contributed by atoms with Crippen molar-refractivity contribution >= 4 is 11.5 Å². The second-order valence-corrected chi connectivity index (χ2v) is 4.35. The first-order chi connectivity index (χ1) is 10.6. The van der Waals surface area contributed by atoms with Crippen molar-refractivity contribution in [2.75, 3.05) is 24.6 Å². The lowest BCUT2D eigenvalue weighted by molar-refractivity contribution is -0.384. The van der Waals surface area contributed by atoms with Gasteiger partial charge in [0.1, 0.15) is 6.07 Å². The fraction of sp³-hybridized carbons (Fsp3) is 0.308. The summed E-state index contributed by atoms with van der Waals surface area (Å²) in [6.07, 6.45) is 0. The molecular formula is C13H14N6O3. The van der Waals surface area contributed by atoms with Crippen LogP contribution in [-0.2, 0) is 0 Å². The maximum absolute atomic E-state index is 10.8. The smallest absolute Gasteiger partial charge is 0.271 e. The number of nitro groups is 1. The van der Waals surface area contributed by atoms with Crippen LogP contribution < -0.4 is 4.90 Å². The van der Waals surface area contributed by atoms with E-state index in [4.69, 9.17) is 5.11 Å². The standard InChI is InChI=1S/C13H14N6O3/c1-2-17(6-7-20)13-12(9-14)15-18(16-13)10-4-3-5-11(8-10)19(21)22/h3-5,8,20H,2,6-7H2,1H3. The number of rotatable bonds is 6. The first-order valence-corrected chi connectivity index (χ1v) is 6.58. The van der Waals surface area contributed by atoms with E-state index in [9.17, 15) is 15.4 Å². The predicted molar refractivity (Wildman–Crippen MR) is 77.7 cm³/mol. The molecule has 0 radical (unpaired) electrons. The molecule has 1 aromatic heterocycles. The Balaban J connectivity index is 2.45. The summed E-state index contributed by atoms with van der Waals surface area (Å²) >= 11 is 0. The van der Waals surface area contributed by atoms with E-state index in [1.807, 2.05) is 13.0 Å². The highest BCUT2D eigenvalue weighted by atomic mass is 16.6. The molecule has 9 heteroatoms. The Morgan fingerprint density at radius 3 is 2.86 bits per heavy atom. The number of nitrogens with zero attached hydrogens (tertiary/aromatic N) is 6. The van der Waals surface area contributed by atoms with Crippen molar-refractivity contribution in [1.29, 1.82) is 5.26 Å². The van der Waals surface area contributed by atoms with Gasteiger partial charge in [-0.3, -0.25) is 10.1 Å². The van der Waals surface area contributed by atoms with Crippen LogP contribution in [0.25, 0.3) is 5.69 Å². The minimum Gasteiger partial charge on any atom is -0.395 e. The number of nitro benzene ring substituents is 1. The molecule has 0 aliphatic carbocycles. The average Bonchev–Trinajstić information content (AvgIpc) is 2.96. The Morgan fingerprint density at radius 2 is 2.27 bits per heavy atom. The minimum atomic E-state index is -0.511. The summed E-state index contributed by atoms with van der Waals surface area (Å²) in [6.45, 7) is 2.65. The van der Waals surface area contributed by atoms with E-state index in [1.54, 1.807) is 11.0 Å². The quantitative estimate of drug-likeness (QED) is 0.620. The Morgan fingerprint density at radius 1 is 1.50 bits per heavy atom. The first kappa shape index (κ1) is 15.4. The Hall–Kier alpha value is -2.99. The van der Waals surface area contributed by atoms with Gasteiger partial charge < -0.3 is 10.0 Å². The third-order valence-corrected chi connectivity index (χ3v) is 3.02. The van der Waals surface area contributed by atoms with Crippen molar-refractivity contribution in [2.24, 2.45) is 0 Å². The van der Waals surface area contributed by atoms with Crippen LogP contribution in [-0.4, -0.2) is 44.7 Å². The van der Waals surface area contributed by atoms with Gasteiger partial charge in [-0.25, -0.2) is 0 Å². The van der Waals surface area contributed by atoms with Crippen molar-refractivity contribution in [3.63, 3.8) is 0 Å². The molecule has 0 saturated carbocycles. The third kappa shape index (κ3) is 3.02. The van der Waals surface area contributed by atoms with Gasteiger partial charge in [0.05, 0.1) is 17.2 Å². The van der Waals surface area contributed by atoms with Gasteiger partial charge in [0.15, 0.2) is 5.82 Å². The lowest BCUT2D eigenvalue weighted by Crippen LogP contribution is -2.27. The largest absolute Gasteiger partial charge is 0.395 e. The number of hydrogen-bond acceptors (Lipinski definition) is 7. The van der Waals surface area contributed by atoms with E-state index >= 15 is 0 Å². The van der Waals surface area contributed by atoms with Gasteiger partial charge in [-0.05, 0) is 13.0 Å². The van der Waals surface area contributed by atoms with E-state index < -0.39 is 4.92 Å². The maximum atomic E-state index is 10.8. The van der Waals surface area contributed by atoms with E-state index in [-0.39, 0.29) is 18.0 Å². The highest BCUT2D eigenvalue weighted by Crippen LogP contribution is 2.19. The molecule has 114 valence electrons. The summed E-state index contributed by atoms with van der Waals surface area (Å²) in [5.74, 6) is 0.338. The molecular weight excluding hydrogens is 288 g/mol. The van der Waals surface area contributed by atoms with E-state index in [0.29, 0.717) is 24.6 Å². The topological polar surface area (TPSA) is 121 Å².